The molecule has 3 rings (SSSR count). The van der Waals surface area contributed by atoms with E-state index in [1.165, 1.54) is 36.4 Å². The smallest absolute Gasteiger partial charge is 0.268 e. The fraction of sp³-hybridized carbons (Fsp3) is 0. The standard InChI is InChI=1S/C16H8ClFN2O4S/c17-12-8-10(4-5-13(12)18)19-15(21)14(25-16(19)22)7-9-2-1-3-11(6-9)20(23)24/h1-8H/b14-7-. The maximum Gasteiger partial charge on any atom is 0.298 e. The minimum absolute atomic E-state index is 0.103. The van der Waals surface area contributed by atoms with Crippen LogP contribution in [0.5, 0.6) is 0 Å². The lowest BCUT2D eigenvalue weighted by Gasteiger charge is -2.12. The average Bonchev–Trinajstić information content (AvgIpc) is 2.84. The number of amides is 2. The van der Waals surface area contributed by atoms with Gasteiger partial charge in [0.15, 0.2) is 0 Å². The van der Waals surface area contributed by atoms with E-state index >= 15 is 0 Å². The van der Waals surface area contributed by atoms with Crippen LogP contribution in [0.4, 0.5) is 20.6 Å². The second-order valence-electron chi connectivity index (χ2n) is 4.97. The molecule has 0 N–H and O–H groups in total. The van der Waals surface area contributed by atoms with Crippen molar-refractivity contribution in [3.63, 3.8) is 0 Å². The summed E-state index contributed by atoms with van der Waals surface area (Å²) in [7, 11) is 0. The molecule has 9 heteroatoms. The highest BCUT2D eigenvalue weighted by Crippen LogP contribution is 2.37. The quantitative estimate of drug-likeness (QED) is 0.442. The van der Waals surface area contributed by atoms with E-state index in [0.29, 0.717) is 17.3 Å². The summed E-state index contributed by atoms with van der Waals surface area (Å²) >= 11 is 6.38. The highest BCUT2D eigenvalue weighted by atomic mass is 35.5. The number of nitro groups is 1. The predicted octanol–water partition coefficient (Wildman–Crippen LogP) is 4.63. The molecule has 0 bridgehead atoms. The van der Waals surface area contributed by atoms with Crippen molar-refractivity contribution >= 4 is 52.0 Å². The number of carbonyl (C=O) groups excluding carboxylic acids is 2. The Balaban J connectivity index is 1.94. The van der Waals surface area contributed by atoms with Crippen molar-refractivity contribution in [3.05, 3.63) is 73.9 Å². The van der Waals surface area contributed by atoms with Crippen LogP contribution in [0, 0.1) is 15.9 Å². The largest absolute Gasteiger partial charge is 0.298 e. The normalized spacial score (nSPS) is 15.9. The van der Waals surface area contributed by atoms with Gasteiger partial charge in [-0.15, -0.1) is 0 Å². The van der Waals surface area contributed by atoms with Gasteiger partial charge in [-0.2, -0.15) is 0 Å². The second kappa shape index (κ2) is 6.66. The summed E-state index contributed by atoms with van der Waals surface area (Å²) in [6.45, 7) is 0. The molecule has 1 saturated heterocycles. The van der Waals surface area contributed by atoms with E-state index in [-0.39, 0.29) is 21.3 Å². The van der Waals surface area contributed by atoms with E-state index in [4.69, 9.17) is 11.6 Å². The highest BCUT2D eigenvalue weighted by Gasteiger charge is 2.36. The molecule has 0 aromatic heterocycles. The van der Waals surface area contributed by atoms with Gasteiger partial charge in [-0.05, 0) is 41.6 Å². The molecule has 1 fully saturated rings. The zero-order valence-corrected chi connectivity index (χ0v) is 13.9. The maximum absolute atomic E-state index is 13.3. The Bertz CT molecular complexity index is 947. The van der Waals surface area contributed by atoms with Crippen LogP contribution in [0.15, 0.2) is 47.4 Å². The van der Waals surface area contributed by atoms with E-state index in [0.717, 1.165) is 11.0 Å². The van der Waals surface area contributed by atoms with E-state index in [2.05, 4.69) is 0 Å². The first-order valence-electron chi connectivity index (χ1n) is 6.84. The van der Waals surface area contributed by atoms with Crippen molar-refractivity contribution in [3.8, 4) is 0 Å². The van der Waals surface area contributed by atoms with Crippen molar-refractivity contribution in [2.75, 3.05) is 4.90 Å². The number of benzene rings is 2. The Morgan fingerprint density at radius 1 is 1.20 bits per heavy atom. The summed E-state index contributed by atoms with van der Waals surface area (Å²) in [6.07, 6.45) is 1.39. The molecule has 6 nitrogen and oxygen atoms in total. The van der Waals surface area contributed by atoms with Gasteiger partial charge in [-0.25, -0.2) is 9.29 Å². The maximum atomic E-state index is 13.3. The van der Waals surface area contributed by atoms with Crippen LogP contribution >= 0.6 is 23.4 Å². The van der Waals surface area contributed by atoms with Crippen LogP contribution in [0.2, 0.25) is 5.02 Å². The van der Waals surface area contributed by atoms with Crippen LogP contribution in [-0.2, 0) is 4.79 Å². The summed E-state index contributed by atoms with van der Waals surface area (Å²) in [5, 5.41) is 10.0. The molecule has 0 unspecified atom stereocenters. The fourth-order valence-electron chi connectivity index (χ4n) is 2.19. The zero-order chi connectivity index (χ0) is 18.1. The van der Waals surface area contributed by atoms with Crippen LogP contribution in [0.3, 0.4) is 0 Å². The van der Waals surface area contributed by atoms with Gasteiger partial charge in [0.05, 0.1) is 20.5 Å². The molecular formula is C16H8ClFN2O4S. The lowest BCUT2D eigenvalue weighted by atomic mass is 10.2. The third-order valence-electron chi connectivity index (χ3n) is 3.33. The molecular weight excluding hydrogens is 371 g/mol. The SMILES string of the molecule is O=C1S/C(=C\c2cccc([N+](=O)[O-])c2)C(=O)N1c1ccc(F)c(Cl)c1. The summed E-state index contributed by atoms with van der Waals surface area (Å²) in [5.74, 6) is -1.27. The van der Waals surface area contributed by atoms with Gasteiger partial charge in [0.25, 0.3) is 16.8 Å². The third-order valence-corrected chi connectivity index (χ3v) is 4.49. The molecule has 2 amide bonds. The van der Waals surface area contributed by atoms with Gasteiger partial charge < -0.3 is 0 Å². The molecule has 1 aliphatic rings. The summed E-state index contributed by atoms with van der Waals surface area (Å²) < 4.78 is 13.3. The minimum atomic E-state index is -0.662. The summed E-state index contributed by atoms with van der Waals surface area (Å²) in [6, 6.07) is 9.19. The van der Waals surface area contributed by atoms with Crippen LogP contribution in [-0.4, -0.2) is 16.1 Å². The number of hydrogen-bond donors (Lipinski definition) is 0. The predicted molar refractivity (Wildman–Crippen MR) is 93.0 cm³/mol. The molecule has 1 aliphatic heterocycles. The number of rotatable bonds is 3. The summed E-state index contributed by atoms with van der Waals surface area (Å²) in [5.41, 5.74) is 0.437. The number of halogens is 2. The van der Waals surface area contributed by atoms with Gasteiger partial charge in [0.2, 0.25) is 0 Å². The number of nitro benzene ring substituents is 1. The first-order valence-corrected chi connectivity index (χ1v) is 8.04. The molecule has 0 atom stereocenters. The van der Waals surface area contributed by atoms with Gasteiger partial charge in [-0.1, -0.05) is 23.7 Å². The fourth-order valence-corrected chi connectivity index (χ4v) is 3.21. The molecule has 0 saturated carbocycles. The number of imide groups is 1. The molecule has 2 aromatic rings. The zero-order valence-electron chi connectivity index (χ0n) is 12.3. The number of hydrogen-bond acceptors (Lipinski definition) is 5. The van der Waals surface area contributed by atoms with E-state index in [1.807, 2.05) is 0 Å². The second-order valence-corrected chi connectivity index (χ2v) is 6.37. The molecule has 0 radical (unpaired) electrons. The number of carbonyl (C=O) groups is 2. The molecule has 0 spiro atoms. The number of non-ortho nitro benzene ring substituents is 1. The first kappa shape index (κ1) is 17.1. The minimum Gasteiger partial charge on any atom is -0.268 e. The third kappa shape index (κ3) is 3.40. The highest BCUT2D eigenvalue weighted by molar-refractivity contribution is 8.19. The molecule has 0 aliphatic carbocycles. The van der Waals surface area contributed by atoms with Crippen molar-refractivity contribution < 1.29 is 18.9 Å². The van der Waals surface area contributed by atoms with Crippen LogP contribution in [0.25, 0.3) is 6.08 Å². The van der Waals surface area contributed by atoms with E-state index in [1.54, 1.807) is 6.07 Å². The Kier molecular flexibility index (Phi) is 4.56. The Labute approximate surface area is 150 Å². The lowest BCUT2D eigenvalue weighted by Crippen LogP contribution is -2.27. The topological polar surface area (TPSA) is 80.5 Å². The Morgan fingerprint density at radius 3 is 2.64 bits per heavy atom. The lowest BCUT2D eigenvalue weighted by molar-refractivity contribution is -0.384. The van der Waals surface area contributed by atoms with Gasteiger partial charge in [-0.3, -0.25) is 19.7 Å². The van der Waals surface area contributed by atoms with E-state index in [9.17, 15) is 24.1 Å². The monoisotopic (exact) mass is 378 g/mol. The molecule has 25 heavy (non-hydrogen) atoms. The van der Waals surface area contributed by atoms with Crippen LogP contribution < -0.4 is 4.90 Å². The van der Waals surface area contributed by atoms with Crippen LogP contribution in [0.1, 0.15) is 5.56 Å². The van der Waals surface area contributed by atoms with Gasteiger partial charge >= 0.3 is 0 Å². The Morgan fingerprint density at radius 2 is 1.96 bits per heavy atom. The van der Waals surface area contributed by atoms with Crippen molar-refractivity contribution in [2.24, 2.45) is 0 Å². The van der Waals surface area contributed by atoms with Gasteiger partial charge in [0.1, 0.15) is 5.82 Å². The first-order chi connectivity index (χ1) is 11.9. The summed E-state index contributed by atoms with van der Waals surface area (Å²) in [4.78, 5) is 35.9. The number of anilines is 1. The molecule has 126 valence electrons. The number of nitrogens with zero attached hydrogens (tertiary/aromatic N) is 2. The Hall–Kier alpha value is -2.71. The van der Waals surface area contributed by atoms with Gasteiger partial charge in [0, 0.05) is 12.1 Å². The van der Waals surface area contributed by atoms with Crippen molar-refractivity contribution in [2.45, 2.75) is 0 Å². The molecule has 2 aromatic carbocycles. The average molecular weight is 379 g/mol. The van der Waals surface area contributed by atoms with Crippen molar-refractivity contribution in [1.82, 2.24) is 0 Å². The van der Waals surface area contributed by atoms with Crippen molar-refractivity contribution in [1.29, 1.82) is 0 Å². The van der Waals surface area contributed by atoms with E-state index < -0.39 is 21.9 Å². The molecule has 1 heterocycles. The number of thioether (sulfide) groups is 1.